The Hall–Kier alpha value is -2.02. The van der Waals surface area contributed by atoms with E-state index < -0.39 is 11.2 Å². The number of fused-ring (bicyclic) bond motifs is 3. The molecule has 0 radical (unpaired) electrons. The fourth-order valence-electron chi connectivity index (χ4n) is 2.41. The third-order valence-corrected chi connectivity index (χ3v) is 3.70. The van der Waals surface area contributed by atoms with Crippen LogP contribution in [0.25, 0.3) is 16.9 Å². The largest absolute Gasteiger partial charge is 0.329 e. The molecule has 3 rings (SSSR count). The van der Waals surface area contributed by atoms with Crippen LogP contribution >= 0.6 is 11.6 Å². The highest BCUT2D eigenvalue weighted by atomic mass is 35.5. The minimum absolute atomic E-state index is 0.383. The summed E-state index contributed by atoms with van der Waals surface area (Å²) in [7, 11) is 1.59. The Morgan fingerprint density at radius 3 is 2.85 bits per heavy atom. The van der Waals surface area contributed by atoms with Gasteiger partial charge in [-0.1, -0.05) is 0 Å². The molecule has 0 spiro atoms. The van der Waals surface area contributed by atoms with Crippen LogP contribution in [0.4, 0.5) is 0 Å². The summed E-state index contributed by atoms with van der Waals surface area (Å²) in [6.45, 7) is 2.67. The molecule has 0 amide bonds. The van der Waals surface area contributed by atoms with Crippen molar-refractivity contribution in [1.29, 1.82) is 0 Å². The molecule has 0 aliphatic rings. The first-order valence-electron chi connectivity index (χ1n) is 6.27. The molecule has 0 unspecified atom stereocenters. The van der Waals surface area contributed by atoms with Gasteiger partial charge in [-0.3, -0.25) is 18.7 Å². The fraction of sp³-hybridized carbons (Fsp3) is 0.417. The van der Waals surface area contributed by atoms with Gasteiger partial charge in [-0.25, -0.2) is 4.79 Å². The van der Waals surface area contributed by atoms with E-state index in [9.17, 15) is 9.59 Å². The molecule has 0 aliphatic carbocycles. The van der Waals surface area contributed by atoms with Crippen LogP contribution in [0.3, 0.4) is 0 Å². The van der Waals surface area contributed by atoms with Crippen molar-refractivity contribution in [1.82, 2.24) is 23.5 Å². The van der Waals surface area contributed by atoms with E-state index in [1.54, 1.807) is 11.4 Å². The molecule has 1 N–H and O–H groups in total. The molecule has 0 saturated heterocycles. The molecule has 106 valence electrons. The first-order valence-corrected chi connectivity index (χ1v) is 6.81. The molecule has 0 saturated carbocycles. The van der Waals surface area contributed by atoms with Crippen LogP contribution < -0.4 is 11.2 Å². The fourth-order valence-corrected chi connectivity index (χ4v) is 2.53. The molecule has 0 aliphatic heterocycles. The zero-order valence-corrected chi connectivity index (χ0v) is 11.9. The summed E-state index contributed by atoms with van der Waals surface area (Å²) in [4.78, 5) is 30.3. The lowest BCUT2D eigenvalue weighted by Gasteiger charge is -2.03. The Bertz CT molecular complexity index is 914. The number of halogens is 1. The number of hydrogen-bond acceptors (Lipinski definition) is 3. The van der Waals surface area contributed by atoms with Gasteiger partial charge in [0.1, 0.15) is 0 Å². The molecule has 0 fully saturated rings. The summed E-state index contributed by atoms with van der Waals surface area (Å²) < 4.78 is 5.05. The number of imidazole rings is 2. The van der Waals surface area contributed by atoms with Crippen LogP contribution in [0.2, 0.25) is 0 Å². The van der Waals surface area contributed by atoms with Gasteiger partial charge in [0, 0.05) is 31.4 Å². The van der Waals surface area contributed by atoms with E-state index >= 15 is 0 Å². The Morgan fingerprint density at radius 2 is 2.15 bits per heavy atom. The van der Waals surface area contributed by atoms with E-state index in [1.807, 2.05) is 17.7 Å². The topological polar surface area (TPSA) is 77.1 Å². The predicted molar refractivity (Wildman–Crippen MR) is 76.6 cm³/mol. The van der Waals surface area contributed by atoms with Gasteiger partial charge in [-0.15, -0.1) is 11.6 Å². The lowest BCUT2D eigenvalue weighted by molar-refractivity contribution is 0.681. The Kier molecular flexibility index (Phi) is 2.93. The van der Waals surface area contributed by atoms with Crippen molar-refractivity contribution in [2.45, 2.75) is 19.9 Å². The number of hydrogen-bond donors (Lipinski definition) is 1. The first-order chi connectivity index (χ1) is 9.54. The van der Waals surface area contributed by atoms with Crippen molar-refractivity contribution >= 4 is 28.5 Å². The highest BCUT2D eigenvalue weighted by Crippen LogP contribution is 2.16. The molecule has 3 aromatic rings. The molecule has 3 aromatic heterocycles. The lowest BCUT2D eigenvalue weighted by atomic mass is 10.4. The monoisotopic (exact) mass is 295 g/mol. The van der Waals surface area contributed by atoms with E-state index in [2.05, 4.69) is 9.97 Å². The van der Waals surface area contributed by atoms with Crippen LogP contribution in [-0.4, -0.2) is 29.4 Å². The van der Waals surface area contributed by atoms with E-state index in [0.717, 1.165) is 18.7 Å². The molecule has 0 atom stereocenters. The number of aromatic amines is 1. The highest BCUT2D eigenvalue weighted by molar-refractivity contribution is 6.17. The second-order valence-electron chi connectivity index (χ2n) is 4.74. The molecule has 8 heteroatoms. The summed E-state index contributed by atoms with van der Waals surface area (Å²) in [6, 6.07) is 0. The Labute approximate surface area is 118 Å². The number of nitrogens with one attached hydrogen (secondary N) is 1. The van der Waals surface area contributed by atoms with Crippen molar-refractivity contribution in [2.24, 2.45) is 7.05 Å². The van der Waals surface area contributed by atoms with Crippen molar-refractivity contribution in [3.8, 4) is 0 Å². The highest BCUT2D eigenvalue weighted by Gasteiger charge is 2.16. The van der Waals surface area contributed by atoms with Crippen molar-refractivity contribution in [3.63, 3.8) is 0 Å². The molecule has 20 heavy (non-hydrogen) atoms. The molecular weight excluding hydrogens is 282 g/mol. The lowest BCUT2D eigenvalue weighted by Crippen LogP contribution is -2.28. The number of H-pyrrole nitrogens is 1. The van der Waals surface area contributed by atoms with Crippen LogP contribution in [0.1, 0.15) is 12.1 Å². The third kappa shape index (κ3) is 1.70. The minimum atomic E-state index is -0.465. The minimum Gasteiger partial charge on any atom is -0.314 e. The van der Waals surface area contributed by atoms with Crippen molar-refractivity contribution in [2.75, 3.05) is 5.88 Å². The van der Waals surface area contributed by atoms with Gasteiger partial charge in [-0.05, 0) is 13.3 Å². The summed E-state index contributed by atoms with van der Waals surface area (Å²) in [5, 5.41) is 0. The summed E-state index contributed by atoms with van der Waals surface area (Å²) in [5.74, 6) is 1.21. The van der Waals surface area contributed by atoms with E-state index in [0.29, 0.717) is 22.8 Å². The predicted octanol–water partition coefficient (Wildman–Crippen LogP) is 0.613. The summed E-state index contributed by atoms with van der Waals surface area (Å²) in [6.07, 6.45) is 2.66. The van der Waals surface area contributed by atoms with Gasteiger partial charge in [0.05, 0.1) is 0 Å². The summed E-state index contributed by atoms with van der Waals surface area (Å²) in [5.41, 5.74) is 0.869. The molecule has 7 nitrogen and oxygen atoms in total. The maximum atomic E-state index is 12.0. The first kappa shape index (κ1) is 13.0. The average molecular weight is 296 g/mol. The van der Waals surface area contributed by atoms with Gasteiger partial charge in [0.15, 0.2) is 11.2 Å². The average Bonchev–Trinajstić information content (AvgIpc) is 2.89. The normalized spacial score (nSPS) is 11.8. The van der Waals surface area contributed by atoms with E-state index in [-0.39, 0.29) is 0 Å². The van der Waals surface area contributed by atoms with E-state index in [4.69, 9.17) is 11.6 Å². The Balaban J connectivity index is 2.41. The second kappa shape index (κ2) is 4.52. The summed E-state index contributed by atoms with van der Waals surface area (Å²) >= 11 is 5.73. The van der Waals surface area contributed by atoms with Crippen molar-refractivity contribution in [3.05, 3.63) is 32.7 Å². The maximum Gasteiger partial charge on any atom is 0.329 e. The zero-order chi connectivity index (χ0) is 14.4. The molecule has 3 heterocycles. The van der Waals surface area contributed by atoms with Gasteiger partial charge in [0.25, 0.3) is 5.56 Å². The maximum absolute atomic E-state index is 12.0. The molecular formula is C12H14ClN5O2. The second-order valence-corrected chi connectivity index (χ2v) is 5.11. The van der Waals surface area contributed by atoms with Crippen LogP contribution in [0.5, 0.6) is 0 Å². The van der Waals surface area contributed by atoms with Gasteiger partial charge < -0.3 is 4.57 Å². The van der Waals surface area contributed by atoms with Gasteiger partial charge in [-0.2, -0.15) is 4.98 Å². The third-order valence-electron chi connectivity index (χ3n) is 3.43. The quantitative estimate of drug-likeness (QED) is 0.719. The number of aryl methyl sites for hydroxylation is 3. The Morgan fingerprint density at radius 1 is 1.40 bits per heavy atom. The standard InChI is InChI=1S/C12H14ClN5O2/c1-7-6-18-8-9(16(2)12(20)15-10(8)19)14-11(18)17(7)5-3-4-13/h6H,3-5H2,1-2H3,(H,15,19,20). The number of aromatic nitrogens is 5. The molecule has 0 bridgehead atoms. The number of rotatable bonds is 3. The van der Waals surface area contributed by atoms with Crippen LogP contribution in [0.15, 0.2) is 15.8 Å². The SMILES string of the molecule is Cc1cn2c3c(=O)[nH]c(=O)n(C)c3nc2n1CCCCl. The number of alkyl halides is 1. The van der Waals surface area contributed by atoms with Crippen molar-refractivity contribution < 1.29 is 0 Å². The zero-order valence-electron chi connectivity index (χ0n) is 11.2. The smallest absolute Gasteiger partial charge is 0.314 e. The number of nitrogens with zero attached hydrogens (tertiary/aromatic N) is 4. The van der Waals surface area contributed by atoms with Crippen LogP contribution in [0, 0.1) is 6.92 Å². The van der Waals surface area contributed by atoms with Crippen LogP contribution in [-0.2, 0) is 13.6 Å². The van der Waals surface area contributed by atoms with Gasteiger partial charge in [0.2, 0.25) is 5.78 Å². The van der Waals surface area contributed by atoms with E-state index in [1.165, 1.54) is 4.57 Å². The molecule has 0 aromatic carbocycles. The van der Waals surface area contributed by atoms with Gasteiger partial charge >= 0.3 is 5.69 Å².